The van der Waals surface area contributed by atoms with Gasteiger partial charge in [-0.05, 0) is 51.6 Å². The Labute approximate surface area is 116 Å². The highest BCUT2D eigenvalue weighted by Crippen LogP contribution is 2.24. The smallest absolute Gasteiger partial charge is 0.0732 e. The van der Waals surface area contributed by atoms with Crippen molar-refractivity contribution in [3.05, 3.63) is 18.0 Å². The zero-order valence-corrected chi connectivity index (χ0v) is 12.4. The molecule has 1 fully saturated rings. The second-order valence-electron chi connectivity index (χ2n) is 5.61. The lowest BCUT2D eigenvalue weighted by Gasteiger charge is -2.25. The molecule has 3 atom stereocenters. The molecule has 0 radical (unpaired) electrons. The van der Waals surface area contributed by atoms with Crippen LogP contribution in [0.15, 0.2) is 12.3 Å². The molecule has 4 nitrogen and oxygen atoms in total. The molecule has 19 heavy (non-hydrogen) atoms. The fraction of sp³-hybridized carbons (Fsp3) is 0.800. The minimum Gasteiger partial charge on any atom is -0.374 e. The number of aromatic nitrogens is 2. The predicted octanol–water partition coefficient (Wildman–Crippen LogP) is 2.29. The lowest BCUT2D eigenvalue weighted by molar-refractivity contribution is 0.0301. The van der Waals surface area contributed by atoms with E-state index < -0.39 is 0 Å². The van der Waals surface area contributed by atoms with Crippen molar-refractivity contribution >= 4 is 0 Å². The molecule has 0 saturated carbocycles. The van der Waals surface area contributed by atoms with Crippen molar-refractivity contribution in [3.63, 3.8) is 0 Å². The van der Waals surface area contributed by atoms with Gasteiger partial charge in [0, 0.05) is 25.0 Å². The summed E-state index contributed by atoms with van der Waals surface area (Å²) in [4.78, 5) is 0. The van der Waals surface area contributed by atoms with Crippen LogP contribution in [-0.2, 0) is 18.2 Å². The number of hydrogen-bond donors (Lipinski definition) is 1. The minimum absolute atomic E-state index is 0.384. The number of ether oxygens (including phenoxy) is 1. The molecule has 2 rings (SSSR count). The Morgan fingerprint density at radius 3 is 2.95 bits per heavy atom. The van der Waals surface area contributed by atoms with Crippen LogP contribution in [0, 0.1) is 0 Å². The van der Waals surface area contributed by atoms with Crippen LogP contribution < -0.4 is 5.32 Å². The topological polar surface area (TPSA) is 39.1 Å². The highest BCUT2D eigenvalue weighted by atomic mass is 16.5. The first-order valence-corrected chi connectivity index (χ1v) is 7.56. The van der Waals surface area contributed by atoms with Gasteiger partial charge in [-0.3, -0.25) is 4.68 Å². The van der Waals surface area contributed by atoms with E-state index in [1.165, 1.54) is 25.0 Å². The molecular formula is C15H27N3O. The van der Waals surface area contributed by atoms with Gasteiger partial charge in [-0.2, -0.15) is 5.10 Å². The van der Waals surface area contributed by atoms with Crippen molar-refractivity contribution in [3.8, 4) is 0 Å². The van der Waals surface area contributed by atoms with E-state index in [9.17, 15) is 0 Å². The third-order valence-electron chi connectivity index (χ3n) is 4.00. The normalized spacial score (nSPS) is 24.8. The van der Waals surface area contributed by atoms with E-state index in [4.69, 9.17) is 4.74 Å². The third-order valence-corrected chi connectivity index (χ3v) is 4.00. The quantitative estimate of drug-likeness (QED) is 0.822. The van der Waals surface area contributed by atoms with Gasteiger partial charge in [-0.25, -0.2) is 0 Å². The highest BCUT2D eigenvalue weighted by Gasteiger charge is 2.29. The fourth-order valence-corrected chi connectivity index (χ4v) is 2.83. The van der Waals surface area contributed by atoms with Crippen LogP contribution in [0.2, 0.25) is 0 Å². The first-order valence-electron chi connectivity index (χ1n) is 7.56. The maximum absolute atomic E-state index is 6.04. The Balaban J connectivity index is 1.88. The molecule has 0 aromatic carbocycles. The highest BCUT2D eigenvalue weighted by molar-refractivity contribution is 5.01. The zero-order chi connectivity index (χ0) is 13.7. The molecule has 1 aromatic heterocycles. The van der Waals surface area contributed by atoms with E-state index in [2.05, 4.69) is 30.3 Å². The van der Waals surface area contributed by atoms with Gasteiger partial charge in [-0.15, -0.1) is 0 Å². The van der Waals surface area contributed by atoms with Gasteiger partial charge < -0.3 is 10.1 Å². The lowest BCUT2D eigenvalue weighted by atomic mass is 10.0. The molecule has 1 aliphatic rings. The molecule has 1 aromatic rings. The molecule has 0 amide bonds. The molecule has 0 bridgehead atoms. The van der Waals surface area contributed by atoms with Crippen molar-refractivity contribution < 1.29 is 4.74 Å². The summed E-state index contributed by atoms with van der Waals surface area (Å²) in [5.74, 6) is 0. The standard InChI is InChI=1S/C15H27N3O/c1-4-10-16-14(15-8-5-12(2)19-15)7-6-13-9-11-17-18(13)3/h9,11-12,14-16H,4-8,10H2,1-3H3. The molecule has 1 N–H and O–H groups in total. The van der Waals surface area contributed by atoms with E-state index >= 15 is 0 Å². The van der Waals surface area contributed by atoms with Crippen LogP contribution in [0.25, 0.3) is 0 Å². The van der Waals surface area contributed by atoms with Gasteiger partial charge in [0.2, 0.25) is 0 Å². The average Bonchev–Trinajstić information content (AvgIpc) is 2.99. The summed E-state index contributed by atoms with van der Waals surface area (Å²) >= 11 is 0. The molecule has 0 aliphatic carbocycles. The van der Waals surface area contributed by atoms with E-state index in [1.807, 2.05) is 17.9 Å². The maximum atomic E-state index is 6.04. The summed E-state index contributed by atoms with van der Waals surface area (Å²) < 4.78 is 8.00. The van der Waals surface area contributed by atoms with Crippen LogP contribution in [0.1, 0.15) is 45.2 Å². The lowest BCUT2D eigenvalue weighted by Crippen LogP contribution is -2.40. The Bertz CT molecular complexity index is 377. The van der Waals surface area contributed by atoms with Crippen molar-refractivity contribution in [2.45, 2.75) is 64.2 Å². The van der Waals surface area contributed by atoms with Crippen LogP contribution in [0.4, 0.5) is 0 Å². The van der Waals surface area contributed by atoms with Crippen LogP contribution >= 0.6 is 0 Å². The SMILES string of the molecule is CCCNC(CCc1ccnn1C)C1CCC(C)O1. The molecule has 4 heteroatoms. The van der Waals surface area contributed by atoms with Gasteiger partial charge in [0.05, 0.1) is 12.2 Å². The molecule has 0 spiro atoms. The molecule has 1 saturated heterocycles. The Morgan fingerprint density at radius 2 is 2.37 bits per heavy atom. The molecular weight excluding hydrogens is 238 g/mol. The van der Waals surface area contributed by atoms with E-state index in [0.29, 0.717) is 18.2 Å². The summed E-state index contributed by atoms with van der Waals surface area (Å²) in [6.07, 6.45) is 8.42. The first kappa shape index (κ1) is 14.5. The average molecular weight is 265 g/mol. The van der Waals surface area contributed by atoms with E-state index in [0.717, 1.165) is 19.4 Å². The Hall–Kier alpha value is -0.870. The second-order valence-corrected chi connectivity index (χ2v) is 5.61. The number of nitrogens with one attached hydrogen (secondary N) is 1. The Kier molecular flexibility index (Phi) is 5.40. The summed E-state index contributed by atoms with van der Waals surface area (Å²) in [5, 5.41) is 7.89. The van der Waals surface area contributed by atoms with Crippen LogP contribution in [0.3, 0.4) is 0 Å². The molecule has 2 heterocycles. The molecule has 108 valence electrons. The summed E-state index contributed by atoms with van der Waals surface area (Å²) in [5.41, 5.74) is 1.30. The number of rotatable bonds is 7. The number of nitrogens with zero attached hydrogens (tertiary/aromatic N) is 2. The minimum atomic E-state index is 0.384. The number of hydrogen-bond acceptors (Lipinski definition) is 3. The van der Waals surface area contributed by atoms with Crippen molar-refractivity contribution in [2.75, 3.05) is 6.54 Å². The summed E-state index contributed by atoms with van der Waals surface area (Å²) in [6, 6.07) is 2.58. The van der Waals surface area contributed by atoms with Crippen molar-refractivity contribution in [1.82, 2.24) is 15.1 Å². The predicted molar refractivity (Wildman–Crippen MR) is 77.2 cm³/mol. The third kappa shape index (κ3) is 4.05. The summed E-state index contributed by atoms with van der Waals surface area (Å²) in [7, 11) is 2.01. The molecule has 3 unspecified atom stereocenters. The first-order chi connectivity index (χ1) is 9.20. The fourth-order valence-electron chi connectivity index (χ4n) is 2.83. The van der Waals surface area contributed by atoms with Crippen molar-refractivity contribution in [1.29, 1.82) is 0 Å². The Morgan fingerprint density at radius 1 is 1.53 bits per heavy atom. The molecule has 1 aliphatic heterocycles. The number of aryl methyl sites for hydroxylation is 2. The largest absolute Gasteiger partial charge is 0.374 e. The van der Waals surface area contributed by atoms with E-state index in [-0.39, 0.29) is 0 Å². The van der Waals surface area contributed by atoms with Gasteiger partial charge in [-0.1, -0.05) is 6.92 Å². The van der Waals surface area contributed by atoms with Gasteiger partial charge in [0.1, 0.15) is 0 Å². The van der Waals surface area contributed by atoms with Crippen molar-refractivity contribution in [2.24, 2.45) is 7.05 Å². The van der Waals surface area contributed by atoms with Gasteiger partial charge in [0.15, 0.2) is 0 Å². The van der Waals surface area contributed by atoms with E-state index in [1.54, 1.807) is 0 Å². The second kappa shape index (κ2) is 7.06. The maximum Gasteiger partial charge on any atom is 0.0732 e. The van der Waals surface area contributed by atoms with Crippen LogP contribution in [-0.4, -0.2) is 34.6 Å². The monoisotopic (exact) mass is 265 g/mol. The van der Waals surface area contributed by atoms with Crippen LogP contribution in [0.5, 0.6) is 0 Å². The zero-order valence-electron chi connectivity index (χ0n) is 12.4. The van der Waals surface area contributed by atoms with Gasteiger partial charge >= 0.3 is 0 Å². The van der Waals surface area contributed by atoms with Gasteiger partial charge in [0.25, 0.3) is 0 Å². The summed E-state index contributed by atoms with van der Waals surface area (Å²) in [6.45, 7) is 5.46.